The van der Waals surface area contributed by atoms with Crippen molar-refractivity contribution in [3.63, 3.8) is 0 Å². The van der Waals surface area contributed by atoms with Crippen LogP contribution in [-0.2, 0) is 19.5 Å². The zero-order chi connectivity index (χ0) is 18.5. The molecule has 26 heavy (non-hydrogen) atoms. The second kappa shape index (κ2) is 5.60. The van der Waals surface area contributed by atoms with Gasteiger partial charge in [0.1, 0.15) is 0 Å². The van der Waals surface area contributed by atoms with Crippen molar-refractivity contribution in [2.75, 3.05) is 0 Å². The van der Waals surface area contributed by atoms with Gasteiger partial charge in [-0.3, -0.25) is 9.59 Å². The Labute approximate surface area is 151 Å². The smallest absolute Gasteiger partial charge is 0.267 e. The van der Waals surface area contributed by atoms with Crippen LogP contribution in [0.25, 0.3) is 0 Å². The SMILES string of the molecule is Cn1ncc2c(c1=O)Sc1cnn(C)c(=O)c1C2(C#N)c1ncccn1. The van der Waals surface area contributed by atoms with Gasteiger partial charge in [-0.25, -0.2) is 19.3 Å². The summed E-state index contributed by atoms with van der Waals surface area (Å²) in [5, 5.41) is 18.3. The summed E-state index contributed by atoms with van der Waals surface area (Å²) < 4.78 is 2.33. The largest absolute Gasteiger partial charge is 0.280 e. The Hall–Kier alpha value is -3.32. The Balaban J connectivity index is 2.24. The monoisotopic (exact) mass is 365 g/mol. The van der Waals surface area contributed by atoms with Crippen LogP contribution in [0.5, 0.6) is 0 Å². The van der Waals surface area contributed by atoms with Crippen LogP contribution in [0.15, 0.2) is 50.2 Å². The average Bonchev–Trinajstić information content (AvgIpc) is 2.67. The first kappa shape index (κ1) is 16.2. The molecule has 0 bridgehead atoms. The van der Waals surface area contributed by atoms with E-state index in [1.54, 1.807) is 6.07 Å². The lowest BCUT2D eigenvalue weighted by molar-refractivity contribution is 0.592. The number of nitriles is 1. The van der Waals surface area contributed by atoms with Gasteiger partial charge in [-0.1, -0.05) is 11.8 Å². The van der Waals surface area contributed by atoms with E-state index in [1.165, 1.54) is 43.6 Å². The van der Waals surface area contributed by atoms with Gasteiger partial charge in [0.15, 0.2) is 11.2 Å². The van der Waals surface area contributed by atoms with Crippen LogP contribution >= 0.6 is 11.8 Å². The number of aromatic nitrogens is 6. The van der Waals surface area contributed by atoms with Crippen molar-refractivity contribution in [2.45, 2.75) is 15.2 Å². The summed E-state index contributed by atoms with van der Waals surface area (Å²) in [5.41, 5.74) is -1.98. The summed E-state index contributed by atoms with van der Waals surface area (Å²) in [6, 6.07) is 3.81. The Bertz CT molecular complexity index is 1200. The highest BCUT2D eigenvalue weighted by molar-refractivity contribution is 7.99. The van der Waals surface area contributed by atoms with E-state index in [0.717, 1.165) is 16.4 Å². The Morgan fingerprint density at radius 2 is 1.73 bits per heavy atom. The molecule has 0 aliphatic carbocycles. The van der Waals surface area contributed by atoms with Crippen molar-refractivity contribution in [3.8, 4) is 6.07 Å². The lowest BCUT2D eigenvalue weighted by Gasteiger charge is -2.31. The molecule has 1 unspecified atom stereocenters. The predicted octanol–water partition coefficient (Wildman–Crippen LogP) is -0.0134. The topological polar surface area (TPSA) is 119 Å². The number of fused-ring (bicyclic) bond motifs is 2. The van der Waals surface area contributed by atoms with E-state index in [-0.39, 0.29) is 16.9 Å². The highest BCUT2D eigenvalue weighted by Crippen LogP contribution is 2.48. The lowest BCUT2D eigenvalue weighted by Crippen LogP contribution is -2.43. The maximum absolute atomic E-state index is 12.9. The third kappa shape index (κ3) is 1.98. The van der Waals surface area contributed by atoms with Gasteiger partial charge in [0.2, 0.25) is 0 Å². The molecule has 1 atom stereocenters. The molecule has 3 aromatic rings. The van der Waals surface area contributed by atoms with Gasteiger partial charge in [0.05, 0.1) is 28.9 Å². The van der Waals surface area contributed by atoms with Gasteiger partial charge >= 0.3 is 0 Å². The second-order valence-electron chi connectivity index (χ2n) is 5.66. The van der Waals surface area contributed by atoms with Crippen molar-refractivity contribution < 1.29 is 0 Å². The fraction of sp³-hybridized carbons (Fsp3) is 0.188. The molecule has 128 valence electrons. The van der Waals surface area contributed by atoms with Crippen LogP contribution in [0.4, 0.5) is 0 Å². The lowest BCUT2D eigenvalue weighted by atomic mass is 9.75. The zero-order valence-electron chi connectivity index (χ0n) is 13.7. The summed E-state index contributed by atoms with van der Waals surface area (Å²) in [6.45, 7) is 0. The van der Waals surface area contributed by atoms with Gasteiger partial charge in [0, 0.05) is 36.9 Å². The van der Waals surface area contributed by atoms with Crippen molar-refractivity contribution in [3.05, 3.63) is 68.5 Å². The maximum atomic E-state index is 12.9. The second-order valence-corrected chi connectivity index (χ2v) is 6.72. The third-order valence-electron chi connectivity index (χ3n) is 4.26. The molecule has 0 radical (unpaired) electrons. The molecule has 0 fully saturated rings. The Morgan fingerprint density at radius 3 is 2.42 bits per heavy atom. The summed E-state index contributed by atoms with van der Waals surface area (Å²) in [4.78, 5) is 34.7. The highest BCUT2D eigenvalue weighted by atomic mass is 32.2. The zero-order valence-corrected chi connectivity index (χ0v) is 14.6. The number of nitrogens with zero attached hydrogens (tertiary/aromatic N) is 7. The predicted molar refractivity (Wildman–Crippen MR) is 90.6 cm³/mol. The molecular weight excluding hydrogens is 354 g/mol. The summed E-state index contributed by atoms with van der Waals surface area (Å²) in [5.74, 6) is 0.114. The minimum Gasteiger partial charge on any atom is -0.267 e. The van der Waals surface area contributed by atoms with Crippen LogP contribution in [0.3, 0.4) is 0 Å². The molecule has 4 rings (SSSR count). The van der Waals surface area contributed by atoms with Crippen LogP contribution < -0.4 is 11.1 Å². The fourth-order valence-electron chi connectivity index (χ4n) is 2.96. The first-order valence-corrected chi connectivity index (χ1v) is 8.32. The number of rotatable bonds is 1. The minimum absolute atomic E-state index is 0.114. The van der Waals surface area contributed by atoms with E-state index in [2.05, 4.69) is 26.2 Å². The van der Waals surface area contributed by atoms with Crippen molar-refractivity contribution in [1.82, 2.24) is 29.5 Å². The first-order valence-electron chi connectivity index (χ1n) is 7.51. The van der Waals surface area contributed by atoms with Crippen molar-refractivity contribution in [2.24, 2.45) is 14.1 Å². The molecule has 10 heteroatoms. The molecule has 4 heterocycles. The first-order chi connectivity index (χ1) is 12.5. The Morgan fingerprint density at radius 1 is 1.08 bits per heavy atom. The summed E-state index contributed by atoms with van der Waals surface area (Å²) >= 11 is 1.10. The van der Waals surface area contributed by atoms with Crippen LogP contribution in [0.1, 0.15) is 17.0 Å². The van der Waals surface area contributed by atoms with Crippen LogP contribution in [-0.4, -0.2) is 29.5 Å². The molecule has 0 saturated heterocycles. The standard InChI is InChI=1S/C16H11N7O2S/c1-22-13(24)11-10(7-21-22)26-12-9(6-20-23(2)14(12)25)16(11,8-17)15-18-4-3-5-19-15/h3-7H,1-2H3. The molecule has 0 amide bonds. The molecule has 3 aromatic heterocycles. The normalized spacial score (nSPS) is 17.9. The maximum Gasteiger partial charge on any atom is 0.280 e. The van der Waals surface area contributed by atoms with E-state index in [4.69, 9.17) is 0 Å². The van der Waals surface area contributed by atoms with Gasteiger partial charge in [-0.05, 0) is 6.07 Å². The van der Waals surface area contributed by atoms with E-state index in [0.29, 0.717) is 15.4 Å². The molecular formula is C16H11N7O2S. The molecule has 9 nitrogen and oxygen atoms in total. The Kier molecular flexibility index (Phi) is 3.48. The molecule has 0 saturated carbocycles. The van der Waals surface area contributed by atoms with Crippen molar-refractivity contribution >= 4 is 11.8 Å². The molecule has 0 aromatic carbocycles. The third-order valence-corrected chi connectivity index (χ3v) is 5.38. The number of aryl methyl sites for hydroxylation is 2. The van der Waals surface area contributed by atoms with Crippen molar-refractivity contribution in [1.29, 1.82) is 5.26 Å². The fourth-order valence-corrected chi connectivity index (χ4v) is 4.16. The van der Waals surface area contributed by atoms with Gasteiger partial charge in [0.25, 0.3) is 11.1 Å². The van der Waals surface area contributed by atoms with E-state index >= 15 is 0 Å². The molecule has 1 aliphatic heterocycles. The highest BCUT2D eigenvalue weighted by Gasteiger charge is 2.49. The molecule has 0 spiro atoms. The molecule has 0 N–H and O–H groups in total. The minimum atomic E-state index is -1.64. The van der Waals surface area contributed by atoms with E-state index in [1.807, 2.05) is 0 Å². The van der Waals surface area contributed by atoms with Gasteiger partial charge in [-0.2, -0.15) is 15.5 Å². The van der Waals surface area contributed by atoms with Gasteiger partial charge < -0.3 is 0 Å². The van der Waals surface area contributed by atoms with Gasteiger partial charge in [-0.15, -0.1) is 0 Å². The number of hydrogen-bond acceptors (Lipinski definition) is 8. The number of hydrogen-bond donors (Lipinski definition) is 0. The molecule has 1 aliphatic rings. The van der Waals surface area contributed by atoms with Crippen LogP contribution in [0, 0.1) is 11.3 Å². The summed E-state index contributed by atoms with van der Waals surface area (Å²) in [7, 11) is 3.02. The average molecular weight is 365 g/mol. The van der Waals surface area contributed by atoms with Crippen LogP contribution in [0.2, 0.25) is 0 Å². The summed E-state index contributed by atoms with van der Waals surface area (Å²) in [6.07, 6.45) is 5.87. The quantitative estimate of drug-likeness (QED) is 0.590. The van der Waals surface area contributed by atoms with E-state index in [9.17, 15) is 14.9 Å². The van der Waals surface area contributed by atoms with E-state index < -0.39 is 11.0 Å².